The van der Waals surface area contributed by atoms with Gasteiger partial charge >= 0.3 is 6.36 Å². The lowest BCUT2D eigenvalue weighted by Gasteiger charge is -2.35. The van der Waals surface area contributed by atoms with Crippen molar-refractivity contribution in [3.05, 3.63) is 69.3 Å². The number of ether oxygens (including phenoxy) is 1. The third-order valence-corrected chi connectivity index (χ3v) is 4.69. The number of rotatable bonds is 5. The summed E-state index contributed by atoms with van der Waals surface area (Å²) in [6.45, 7) is 4.63. The monoisotopic (exact) mass is 467 g/mol. The molecule has 6 nitrogen and oxygen atoms in total. The lowest BCUT2D eigenvalue weighted by molar-refractivity contribution is -0.385. The molecule has 1 fully saturated rings. The van der Waals surface area contributed by atoms with Crippen LogP contribution in [-0.4, -0.2) is 42.4 Å². The van der Waals surface area contributed by atoms with Crippen LogP contribution in [0.15, 0.2) is 42.5 Å². The normalized spacial score (nSPS) is 15.5. The number of nitrogens with one attached hydrogen (secondary N) is 1. The molecule has 0 radical (unpaired) electrons. The second-order valence-electron chi connectivity index (χ2n) is 6.61. The van der Waals surface area contributed by atoms with E-state index in [1.54, 1.807) is 31.2 Å². The topological polar surface area (TPSA) is 67.6 Å². The van der Waals surface area contributed by atoms with Crippen molar-refractivity contribution in [3.8, 4) is 5.75 Å². The quantitative estimate of drug-likeness (QED) is 0.512. The van der Waals surface area contributed by atoms with Crippen LogP contribution in [0.25, 0.3) is 0 Å². The summed E-state index contributed by atoms with van der Waals surface area (Å²) in [4.78, 5) is 13.1. The molecule has 0 saturated carbocycles. The fourth-order valence-electron chi connectivity index (χ4n) is 3.40. The van der Waals surface area contributed by atoms with Crippen molar-refractivity contribution in [3.63, 3.8) is 0 Å². The zero-order chi connectivity index (χ0) is 20.3. The SMILES string of the molecule is Cc1ccc([C@@H](c2ccc(OC(F)(F)F)cc2)N2CCNCC2)cc1[N+](=O)[O-].Cl.Cl. The highest BCUT2D eigenvalue weighted by Crippen LogP contribution is 2.33. The largest absolute Gasteiger partial charge is 0.573 e. The predicted octanol–water partition coefficient (Wildman–Crippen LogP) is 4.64. The number of halogens is 5. The van der Waals surface area contributed by atoms with Gasteiger partial charge < -0.3 is 10.1 Å². The average molecular weight is 468 g/mol. The van der Waals surface area contributed by atoms with Gasteiger partial charge in [-0.15, -0.1) is 38.0 Å². The highest BCUT2D eigenvalue weighted by atomic mass is 35.5. The molecule has 1 saturated heterocycles. The first kappa shape index (κ1) is 26.0. The molecule has 0 unspecified atom stereocenters. The molecule has 3 rings (SSSR count). The number of nitrogens with zero attached hydrogens (tertiary/aromatic N) is 2. The molecule has 1 heterocycles. The first-order chi connectivity index (χ1) is 13.2. The van der Waals surface area contributed by atoms with E-state index in [1.807, 2.05) is 6.07 Å². The number of nitro benzene ring substituents is 1. The summed E-state index contributed by atoms with van der Waals surface area (Å²) in [6, 6.07) is 10.4. The van der Waals surface area contributed by atoms with E-state index in [-0.39, 0.29) is 42.3 Å². The number of aryl methyl sites for hydroxylation is 1. The van der Waals surface area contributed by atoms with Gasteiger partial charge in [0.2, 0.25) is 0 Å². The summed E-state index contributed by atoms with van der Waals surface area (Å²) >= 11 is 0. The molecule has 0 spiro atoms. The van der Waals surface area contributed by atoms with Gasteiger partial charge in [0.25, 0.3) is 5.69 Å². The molecule has 0 bridgehead atoms. The van der Waals surface area contributed by atoms with Gasteiger partial charge in [-0.1, -0.05) is 24.3 Å². The molecule has 1 N–H and O–H groups in total. The molecule has 0 amide bonds. The predicted molar refractivity (Wildman–Crippen MR) is 112 cm³/mol. The van der Waals surface area contributed by atoms with Crippen molar-refractivity contribution in [2.24, 2.45) is 0 Å². The third kappa shape index (κ3) is 6.46. The van der Waals surface area contributed by atoms with E-state index in [9.17, 15) is 23.3 Å². The van der Waals surface area contributed by atoms with Gasteiger partial charge in [-0.05, 0) is 30.2 Å². The zero-order valence-electron chi connectivity index (χ0n) is 16.0. The Hall–Kier alpha value is -2.07. The van der Waals surface area contributed by atoms with E-state index in [4.69, 9.17) is 0 Å². The minimum atomic E-state index is -4.75. The van der Waals surface area contributed by atoms with E-state index in [0.29, 0.717) is 18.7 Å². The fraction of sp³-hybridized carbons (Fsp3) is 0.368. The Labute approximate surface area is 184 Å². The highest BCUT2D eigenvalue weighted by molar-refractivity contribution is 5.85. The number of benzene rings is 2. The molecule has 1 aliphatic heterocycles. The van der Waals surface area contributed by atoms with Crippen molar-refractivity contribution in [1.29, 1.82) is 0 Å². The van der Waals surface area contributed by atoms with Crippen LogP contribution < -0.4 is 10.1 Å². The minimum Gasteiger partial charge on any atom is -0.406 e. The van der Waals surface area contributed by atoms with Crippen LogP contribution in [0.3, 0.4) is 0 Å². The molecule has 1 aliphatic rings. The van der Waals surface area contributed by atoms with Gasteiger partial charge in [-0.2, -0.15) is 0 Å². The van der Waals surface area contributed by atoms with Crippen molar-refractivity contribution >= 4 is 30.5 Å². The van der Waals surface area contributed by atoms with E-state index in [2.05, 4.69) is 15.0 Å². The van der Waals surface area contributed by atoms with Gasteiger partial charge in [0.15, 0.2) is 0 Å². The Bertz CT molecular complexity index is 845. The van der Waals surface area contributed by atoms with Crippen LogP contribution in [0.1, 0.15) is 22.7 Å². The van der Waals surface area contributed by atoms with E-state index in [1.165, 1.54) is 12.1 Å². The van der Waals surface area contributed by atoms with Gasteiger partial charge in [-0.25, -0.2) is 0 Å². The van der Waals surface area contributed by atoms with Crippen molar-refractivity contribution in [2.75, 3.05) is 26.2 Å². The van der Waals surface area contributed by atoms with E-state index in [0.717, 1.165) is 24.2 Å². The van der Waals surface area contributed by atoms with Crippen molar-refractivity contribution in [2.45, 2.75) is 19.3 Å². The van der Waals surface area contributed by atoms with Crippen LogP contribution in [0.2, 0.25) is 0 Å². The van der Waals surface area contributed by atoms with Gasteiger partial charge in [0, 0.05) is 37.8 Å². The fourth-order valence-corrected chi connectivity index (χ4v) is 3.40. The lowest BCUT2D eigenvalue weighted by atomic mass is 9.95. The molecule has 166 valence electrons. The standard InChI is InChI=1S/C19H20F3N3O3.2ClH/c1-13-2-3-15(12-17(13)25(26)27)18(24-10-8-23-9-11-24)14-4-6-16(7-5-14)28-19(20,21)22;;/h2-7,12,18,23H,8-11H2,1H3;2*1H/t18-;;/m1../s1. The summed E-state index contributed by atoms with van der Waals surface area (Å²) in [7, 11) is 0. The Morgan fingerprint density at radius 1 is 1.07 bits per heavy atom. The highest BCUT2D eigenvalue weighted by Gasteiger charge is 2.31. The van der Waals surface area contributed by atoms with E-state index >= 15 is 0 Å². The summed E-state index contributed by atoms with van der Waals surface area (Å²) < 4.78 is 41.2. The summed E-state index contributed by atoms with van der Waals surface area (Å²) in [5, 5.41) is 14.6. The summed E-state index contributed by atoms with van der Waals surface area (Å²) in [6.07, 6.45) is -4.75. The maximum Gasteiger partial charge on any atom is 0.573 e. The van der Waals surface area contributed by atoms with Gasteiger partial charge in [-0.3, -0.25) is 15.0 Å². The number of alkyl halides is 3. The molecule has 0 aliphatic carbocycles. The smallest absolute Gasteiger partial charge is 0.406 e. The lowest BCUT2D eigenvalue weighted by Crippen LogP contribution is -2.45. The van der Waals surface area contributed by atoms with Gasteiger partial charge in [0.1, 0.15) is 5.75 Å². The first-order valence-electron chi connectivity index (χ1n) is 8.80. The number of piperazine rings is 1. The number of hydrogen-bond donors (Lipinski definition) is 1. The van der Waals surface area contributed by atoms with Crippen LogP contribution in [-0.2, 0) is 0 Å². The molecular weight excluding hydrogens is 446 g/mol. The molecule has 11 heteroatoms. The minimum absolute atomic E-state index is 0. The Morgan fingerprint density at radius 2 is 1.63 bits per heavy atom. The Morgan fingerprint density at radius 3 is 2.17 bits per heavy atom. The first-order valence-corrected chi connectivity index (χ1v) is 8.80. The molecule has 30 heavy (non-hydrogen) atoms. The Kier molecular flexibility index (Phi) is 9.35. The maximum absolute atomic E-state index is 12.4. The van der Waals surface area contributed by atoms with Gasteiger partial charge in [0.05, 0.1) is 11.0 Å². The third-order valence-electron chi connectivity index (χ3n) is 4.69. The van der Waals surface area contributed by atoms with Crippen LogP contribution in [0.5, 0.6) is 5.75 Å². The van der Waals surface area contributed by atoms with Crippen LogP contribution in [0, 0.1) is 17.0 Å². The van der Waals surface area contributed by atoms with Crippen molar-refractivity contribution in [1.82, 2.24) is 10.2 Å². The van der Waals surface area contributed by atoms with Crippen LogP contribution in [0.4, 0.5) is 18.9 Å². The average Bonchev–Trinajstić information content (AvgIpc) is 2.64. The van der Waals surface area contributed by atoms with E-state index < -0.39 is 11.3 Å². The Balaban J connectivity index is 0.00000225. The van der Waals surface area contributed by atoms with Crippen LogP contribution >= 0.6 is 24.8 Å². The maximum atomic E-state index is 12.4. The molecular formula is C19H22Cl2F3N3O3. The summed E-state index contributed by atoms with van der Waals surface area (Å²) in [5.74, 6) is -0.301. The number of nitro groups is 1. The second-order valence-corrected chi connectivity index (χ2v) is 6.61. The molecule has 1 atom stereocenters. The number of hydrogen-bond acceptors (Lipinski definition) is 5. The zero-order valence-corrected chi connectivity index (χ0v) is 17.6. The van der Waals surface area contributed by atoms with Crippen molar-refractivity contribution < 1.29 is 22.8 Å². The molecule has 2 aromatic rings. The summed E-state index contributed by atoms with van der Waals surface area (Å²) in [5.41, 5.74) is 2.05. The molecule has 2 aromatic carbocycles. The molecule has 0 aromatic heterocycles. The second kappa shape index (κ2) is 10.8.